The zero-order chi connectivity index (χ0) is 10.4. The summed E-state index contributed by atoms with van der Waals surface area (Å²) in [5.41, 5.74) is 0. The molecule has 14 heavy (non-hydrogen) atoms. The van der Waals surface area contributed by atoms with Crippen molar-refractivity contribution in [3.63, 3.8) is 0 Å². The van der Waals surface area contributed by atoms with Crippen LogP contribution in [0.5, 0.6) is 0 Å². The molecule has 0 aromatic heterocycles. The minimum Gasteiger partial charge on any atom is -0.300 e. The Labute approximate surface area is 93.8 Å². The van der Waals surface area contributed by atoms with E-state index in [4.69, 9.17) is 11.6 Å². The van der Waals surface area contributed by atoms with Crippen LogP contribution in [0, 0.1) is 5.92 Å². The smallest absolute Gasteiger partial charge is 0.0235 e. The second-order valence-corrected chi connectivity index (χ2v) is 5.22. The van der Waals surface area contributed by atoms with E-state index in [-0.39, 0.29) is 0 Å². The van der Waals surface area contributed by atoms with E-state index >= 15 is 0 Å². The van der Waals surface area contributed by atoms with Crippen molar-refractivity contribution in [2.24, 2.45) is 5.92 Å². The van der Waals surface area contributed by atoms with Gasteiger partial charge in [0, 0.05) is 11.9 Å². The molecule has 0 radical (unpaired) electrons. The van der Waals surface area contributed by atoms with Gasteiger partial charge in [-0.3, -0.25) is 0 Å². The molecule has 0 atom stereocenters. The van der Waals surface area contributed by atoms with E-state index in [1.165, 1.54) is 38.8 Å². The van der Waals surface area contributed by atoms with E-state index in [1.807, 2.05) is 0 Å². The van der Waals surface area contributed by atoms with Crippen LogP contribution in [0.25, 0.3) is 0 Å². The van der Waals surface area contributed by atoms with Crippen LogP contribution < -0.4 is 0 Å². The summed E-state index contributed by atoms with van der Waals surface area (Å²) in [5, 5.41) is 0. The molecule has 0 aliphatic heterocycles. The Morgan fingerprint density at radius 3 is 2.43 bits per heavy atom. The van der Waals surface area contributed by atoms with Crippen molar-refractivity contribution in [1.82, 2.24) is 4.90 Å². The van der Waals surface area contributed by atoms with Gasteiger partial charge < -0.3 is 4.90 Å². The minimum absolute atomic E-state index is 0.810. The highest BCUT2D eigenvalue weighted by atomic mass is 35.5. The predicted molar refractivity (Wildman–Crippen MR) is 64.0 cm³/mol. The number of hydrogen-bond donors (Lipinski definition) is 0. The lowest BCUT2D eigenvalue weighted by Crippen LogP contribution is -2.41. The van der Waals surface area contributed by atoms with Gasteiger partial charge in [-0.05, 0) is 44.7 Å². The largest absolute Gasteiger partial charge is 0.300 e. The van der Waals surface area contributed by atoms with E-state index < -0.39 is 0 Å². The molecule has 84 valence electrons. The summed E-state index contributed by atoms with van der Waals surface area (Å²) in [6.45, 7) is 7.10. The fourth-order valence-electron chi connectivity index (χ4n) is 1.92. The van der Waals surface area contributed by atoms with Crippen LogP contribution >= 0.6 is 11.6 Å². The molecular formula is C12H24ClN. The van der Waals surface area contributed by atoms with E-state index in [1.54, 1.807) is 0 Å². The maximum atomic E-state index is 5.75. The Morgan fingerprint density at radius 1 is 1.29 bits per heavy atom. The molecule has 2 heteroatoms. The maximum absolute atomic E-state index is 5.75. The van der Waals surface area contributed by atoms with Crippen LogP contribution in [0.1, 0.15) is 46.0 Å². The average Bonchev–Trinajstić information content (AvgIpc) is 2.06. The van der Waals surface area contributed by atoms with E-state index in [2.05, 4.69) is 18.7 Å². The molecule has 0 amide bonds. The molecule has 0 bridgehead atoms. The zero-order valence-corrected chi connectivity index (χ0v) is 10.4. The molecule has 0 aromatic carbocycles. The average molecular weight is 218 g/mol. The molecule has 0 spiro atoms. The molecule has 0 unspecified atom stereocenters. The Balaban J connectivity index is 2.20. The van der Waals surface area contributed by atoms with E-state index in [0.717, 1.165) is 24.3 Å². The Hall–Kier alpha value is 0.250. The lowest BCUT2D eigenvalue weighted by atomic mass is 9.91. The summed E-state index contributed by atoms with van der Waals surface area (Å²) in [6.07, 6.45) is 6.75. The minimum atomic E-state index is 0.810. The first-order valence-corrected chi connectivity index (χ1v) is 6.57. The van der Waals surface area contributed by atoms with Crippen molar-refractivity contribution in [3.8, 4) is 0 Å². The fraction of sp³-hybridized carbons (Fsp3) is 1.00. The van der Waals surface area contributed by atoms with E-state index in [9.17, 15) is 0 Å². The van der Waals surface area contributed by atoms with Crippen LogP contribution in [-0.4, -0.2) is 29.9 Å². The standard InChI is InChI=1S/C12H24ClN/c1-11(2)7-10-14(9-4-8-13)12-5-3-6-12/h11-12H,3-10H2,1-2H3. The molecule has 1 saturated carbocycles. The third kappa shape index (κ3) is 4.18. The maximum Gasteiger partial charge on any atom is 0.0235 e. The van der Waals surface area contributed by atoms with Gasteiger partial charge in [-0.15, -0.1) is 11.6 Å². The van der Waals surface area contributed by atoms with Crippen LogP contribution in [0.15, 0.2) is 0 Å². The normalized spacial score (nSPS) is 17.8. The van der Waals surface area contributed by atoms with Crippen molar-refractivity contribution < 1.29 is 0 Å². The first-order valence-electron chi connectivity index (χ1n) is 6.04. The fourth-order valence-corrected chi connectivity index (χ4v) is 2.04. The Kier molecular flexibility index (Phi) is 5.88. The van der Waals surface area contributed by atoms with Crippen molar-refractivity contribution in [2.45, 2.75) is 52.0 Å². The SMILES string of the molecule is CC(C)CCN(CCCCl)C1CCC1. The number of hydrogen-bond acceptors (Lipinski definition) is 1. The van der Waals surface area contributed by atoms with Gasteiger partial charge in [-0.25, -0.2) is 0 Å². The van der Waals surface area contributed by atoms with Crippen molar-refractivity contribution >= 4 is 11.6 Å². The lowest BCUT2D eigenvalue weighted by Gasteiger charge is -2.38. The highest BCUT2D eigenvalue weighted by Crippen LogP contribution is 2.25. The number of nitrogens with zero attached hydrogens (tertiary/aromatic N) is 1. The van der Waals surface area contributed by atoms with Crippen molar-refractivity contribution in [3.05, 3.63) is 0 Å². The number of rotatable bonds is 7. The van der Waals surface area contributed by atoms with Crippen LogP contribution in [0.3, 0.4) is 0 Å². The summed E-state index contributed by atoms with van der Waals surface area (Å²) in [5.74, 6) is 1.64. The molecular weight excluding hydrogens is 194 g/mol. The molecule has 1 rings (SSSR count). The van der Waals surface area contributed by atoms with Gasteiger partial charge in [0.2, 0.25) is 0 Å². The topological polar surface area (TPSA) is 3.24 Å². The second kappa shape index (κ2) is 6.68. The summed E-state index contributed by atoms with van der Waals surface area (Å²) >= 11 is 5.75. The van der Waals surface area contributed by atoms with Crippen LogP contribution in [0.2, 0.25) is 0 Å². The molecule has 0 saturated heterocycles. The van der Waals surface area contributed by atoms with Gasteiger partial charge in [0.1, 0.15) is 0 Å². The second-order valence-electron chi connectivity index (χ2n) is 4.85. The zero-order valence-electron chi connectivity index (χ0n) is 9.64. The Bertz CT molecular complexity index is 143. The molecule has 1 aliphatic rings. The number of alkyl halides is 1. The monoisotopic (exact) mass is 217 g/mol. The third-order valence-corrected chi connectivity index (χ3v) is 3.43. The first-order chi connectivity index (χ1) is 6.74. The molecule has 0 N–H and O–H groups in total. The predicted octanol–water partition coefficient (Wildman–Crippen LogP) is 3.52. The summed E-state index contributed by atoms with van der Waals surface area (Å²) < 4.78 is 0. The first kappa shape index (κ1) is 12.3. The molecule has 0 aromatic rings. The van der Waals surface area contributed by atoms with Crippen molar-refractivity contribution in [1.29, 1.82) is 0 Å². The molecule has 1 nitrogen and oxygen atoms in total. The highest BCUT2D eigenvalue weighted by Gasteiger charge is 2.23. The molecule has 1 aliphatic carbocycles. The summed E-state index contributed by atoms with van der Waals surface area (Å²) in [7, 11) is 0. The molecule has 0 heterocycles. The summed E-state index contributed by atoms with van der Waals surface area (Å²) in [6, 6.07) is 0.886. The molecule has 1 fully saturated rings. The summed E-state index contributed by atoms with van der Waals surface area (Å²) in [4.78, 5) is 2.66. The number of halogens is 1. The quantitative estimate of drug-likeness (QED) is 0.590. The van der Waals surface area contributed by atoms with Gasteiger partial charge in [0.25, 0.3) is 0 Å². The lowest BCUT2D eigenvalue weighted by molar-refractivity contribution is 0.121. The van der Waals surface area contributed by atoms with Crippen LogP contribution in [-0.2, 0) is 0 Å². The van der Waals surface area contributed by atoms with Crippen molar-refractivity contribution in [2.75, 3.05) is 19.0 Å². The van der Waals surface area contributed by atoms with Gasteiger partial charge in [-0.1, -0.05) is 20.3 Å². The van der Waals surface area contributed by atoms with Crippen LogP contribution in [0.4, 0.5) is 0 Å². The Morgan fingerprint density at radius 2 is 2.00 bits per heavy atom. The van der Waals surface area contributed by atoms with Gasteiger partial charge >= 0.3 is 0 Å². The van der Waals surface area contributed by atoms with Gasteiger partial charge in [0.15, 0.2) is 0 Å². The highest BCUT2D eigenvalue weighted by molar-refractivity contribution is 6.17. The van der Waals surface area contributed by atoms with E-state index in [0.29, 0.717) is 0 Å². The van der Waals surface area contributed by atoms with Gasteiger partial charge in [0.05, 0.1) is 0 Å². The van der Waals surface area contributed by atoms with Gasteiger partial charge in [-0.2, -0.15) is 0 Å². The third-order valence-electron chi connectivity index (χ3n) is 3.16.